The molecule has 0 atom stereocenters. The van der Waals surface area contributed by atoms with Gasteiger partial charge in [0.1, 0.15) is 0 Å². The molecule has 92 valence electrons. The van der Waals surface area contributed by atoms with Crippen molar-refractivity contribution in [2.75, 3.05) is 5.73 Å². The van der Waals surface area contributed by atoms with Gasteiger partial charge in [0.15, 0.2) is 0 Å². The minimum absolute atomic E-state index is 0.130. The van der Waals surface area contributed by atoms with E-state index in [1.54, 1.807) is 0 Å². The first-order valence-corrected chi connectivity index (χ1v) is 6.19. The van der Waals surface area contributed by atoms with Crippen LogP contribution >= 0.6 is 0 Å². The molecule has 1 aromatic rings. The van der Waals surface area contributed by atoms with Crippen molar-refractivity contribution in [3.63, 3.8) is 0 Å². The maximum Gasteiger partial charge on any atom is 0.254 e. The number of amides is 1. The Labute approximate surface area is 103 Å². The third-order valence-electron chi connectivity index (χ3n) is 3.25. The molecular weight excluding hydrogens is 212 g/mol. The van der Waals surface area contributed by atoms with Crippen molar-refractivity contribution >= 4 is 11.6 Å². The Morgan fingerprint density at radius 1 is 1.41 bits per heavy atom. The van der Waals surface area contributed by atoms with E-state index >= 15 is 0 Å². The maximum absolute atomic E-state index is 12.4. The Morgan fingerprint density at radius 3 is 2.53 bits per heavy atom. The number of hydrogen-bond acceptors (Lipinski definition) is 2. The molecule has 17 heavy (non-hydrogen) atoms. The number of hydrogen-bond donors (Lipinski definition) is 1. The first kappa shape index (κ1) is 12.0. The van der Waals surface area contributed by atoms with Crippen LogP contribution in [0.25, 0.3) is 0 Å². The Hall–Kier alpha value is -1.51. The number of carbonyl (C=O) groups is 1. The molecule has 3 nitrogen and oxygen atoms in total. The molecular formula is C14H20N2O. The highest BCUT2D eigenvalue weighted by Gasteiger charge is 2.34. The van der Waals surface area contributed by atoms with Crippen LogP contribution in [-0.2, 0) is 0 Å². The van der Waals surface area contributed by atoms with E-state index in [1.807, 2.05) is 30.0 Å². The minimum Gasteiger partial charge on any atom is -0.399 e. The number of aryl methyl sites for hydroxylation is 1. The molecule has 1 aliphatic carbocycles. The molecule has 0 unspecified atom stereocenters. The lowest BCUT2D eigenvalue weighted by molar-refractivity contribution is 0.0690. The van der Waals surface area contributed by atoms with Crippen LogP contribution in [-0.4, -0.2) is 22.9 Å². The van der Waals surface area contributed by atoms with Gasteiger partial charge in [-0.2, -0.15) is 0 Å². The fraction of sp³-hybridized carbons (Fsp3) is 0.500. The molecule has 0 aromatic heterocycles. The van der Waals surface area contributed by atoms with Gasteiger partial charge in [-0.3, -0.25) is 4.79 Å². The Morgan fingerprint density at radius 2 is 2.06 bits per heavy atom. The van der Waals surface area contributed by atoms with Crippen LogP contribution in [0.4, 0.5) is 5.69 Å². The predicted molar refractivity (Wildman–Crippen MR) is 69.9 cm³/mol. The summed E-state index contributed by atoms with van der Waals surface area (Å²) in [4.78, 5) is 14.4. The summed E-state index contributed by atoms with van der Waals surface area (Å²) in [5, 5.41) is 0. The maximum atomic E-state index is 12.4. The number of nitrogens with two attached hydrogens (primary N) is 1. The summed E-state index contributed by atoms with van der Waals surface area (Å²) in [6.07, 6.45) is 2.27. The van der Waals surface area contributed by atoms with E-state index in [9.17, 15) is 4.79 Å². The number of rotatable bonds is 3. The summed E-state index contributed by atoms with van der Waals surface area (Å²) in [6, 6.07) is 6.22. The lowest BCUT2D eigenvalue weighted by Gasteiger charge is -2.27. The normalized spacial score (nSPS) is 15.1. The SMILES string of the molecule is Cc1cc(C(=O)N(C(C)C)C2CC2)ccc1N. The molecule has 0 aliphatic heterocycles. The lowest BCUT2D eigenvalue weighted by Crippen LogP contribution is -2.38. The van der Waals surface area contributed by atoms with E-state index in [1.165, 1.54) is 0 Å². The van der Waals surface area contributed by atoms with Gasteiger partial charge in [0, 0.05) is 23.3 Å². The van der Waals surface area contributed by atoms with E-state index in [4.69, 9.17) is 5.73 Å². The lowest BCUT2D eigenvalue weighted by atomic mass is 10.1. The molecule has 1 saturated carbocycles. The highest BCUT2D eigenvalue weighted by Crippen LogP contribution is 2.30. The molecule has 1 amide bonds. The van der Waals surface area contributed by atoms with E-state index < -0.39 is 0 Å². The van der Waals surface area contributed by atoms with Crippen LogP contribution in [0.1, 0.15) is 42.6 Å². The molecule has 0 bridgehead atoms. The molecule has 2 N–H and O–H groups in total. The van der Waals surface area contributed by atoms with Gasteiger partial charge >= 0.3 is 0 Å². The summed E-state index contributed by atoms with van der Waals surface area (Å²) in [5.41, 5.74) is 8.23. The van der Waals surface area contributed by atoms with Gasteiger partial charge < -0.3 is 10.6 Å². The third-order valence-corrected chi connectivity index (χ3v) is 3.25. The first-order chi connectivity index (χ1) is 8.00. The van der Waals surface area contributed by atoms with Crippen molar-refractivity contribution in [3.05, 3.63) is 29.3 Å². The molecule has 0 heterocycles. The minimum atomic E-state index is 0.130. The number of nitrogens with zero attached hydrogens (tertiary/aromatic N) is 1. The zero-order chi connectivity index (χ0) is 12.6. The van der Waals surface area contributed by atoms with Crippen molar-refractivity contribution in [1.29, 1.82) is 0 Å². The molecule has 2 rings (SSSR count). The highest BCUT2D eigenvalue weighted by molar-refractivity contribution is 5.95. The summed E-state index contributed by atoms with van der Waals surface area (Å²) in [6.45, 7) is 6.07. The van der Waals surface area contributed by atoms with Crippen LogP contribution in [0.3, 0.4) is 0 Å². The molecule has 0 spiro atoms. The summed E-state index contributed by atoms with van der Waals surface area (Å²) < 4.78 is 0. The van der Waals surface area contributed by atoms with Gasteiger partial charge in [-0.05, 0) is 57.4 Å². The zero-order valence-electron chi connectivity index (χ0n) is 10.7. The van der Waals surface area contributed by atoms with Gasteiger partial charge in [-0.1, -0.05) is 0 Å². The molecule has 3 heteroatoms. The van der Waals surface area contributed by atoms with Crippen LogP contribution < -0.4 is 5.73 Å². The topological polar surface area (TPSA) is 46.3 Å². The number of carbonyl (C=O) groups excluding carboxylic acids is 1. The number of benzene rings is 1. The monoisotopic (exact) mass is 232 g/mol. The van der Waals surface area contributed by atoms with Gasteiger partial charge in [0.05, 0.1) is 0 Å². The molecule has 0 radical (unpaired) electrons. The molecule has 1 aromatic carbocycles. The van der Waals surface area contributed by atoms with Crippen molar-refractivity contribution in [1.82, 2.24) is 4.90 Å². The largest absolute Gasteiger partial charge is 0.399 e. The predicted octanol–water partition coefficient (Wildman–Crippen LogP) is 2.59. The average molecular weight is 232 g/mol. The van der Waals surface area contributed by atoms with E-state index in [0.717, 1.165) is 29.7 Å². The van der Waals surface area contributed by atoms with Crippen LogP contribution in [0.2, 0.25) is 0 Å². The van der Waals surface area contributed by atoms with Gasteiger partial charge in [0.25, 0.3) is 5.91 Å². The third kappa shape index (κ3) is 2.43. The Balaban J connectivity index is 2.25. The standard InChI is InChI=1S/C14H20N2O/c1-9(2)16(12-5-6-12)14(17)11-4-7-13(15)10(3)8-11/h4,7-9,12H,5-6,15H2,1-3H3. The van der Waals surface area contributed by atoms with E-state index in [-0.39, 0.29) is 11.9 Å². The van der Waals surface area contributed by atoms with Crippen molar-refractivity contribution in [2.24, 2.45) is 0 Å². The van der Waals surface area contributed by atoms with E-state index in [2.05, 4.69) is 13.8 Å². The summed E-state index contributed by atoms with van der Waals surface area (Å²) >= 11 is 0. The second kappa shape index (κ2) is 4.40. The number of nitrogen functional groups attached to an aromatic ring is 1. The van der Waals surface area contributed by atoms with Crippen molar-refractivity contribution < 1.29 is 4.79 Å². The average Bonchev–Trinajstić information content (AvgIpc) is 3.06. The second-order valence-electron chi connectivity index (χ2n) is 5.11. The van der Waals surface area contributed by atoms with Gasteiger partial charge in [-0.25, -0.2) is 0 Å². The number of anilines is 1. The van der Waals surface area contributed by atoms with Gasteiger partial charge in [-0.15, -0.1) is 0 Å². The summed E-state index contributed by atoms with van der Waals surface area (Å²) in [5.74, 6) is 0.130. The zero-order valence-corrected chi connectivity index (χ0v) is 10.7. The van der Waals surface area contributed by atoms with Crippen LogP contribution in [0.5, 0.6) is 0 Å². The van der Waals surface area contributed by atoms with Crippen molar-refractivity contribution in [3.8, 4) is 0 Å². The fourth-order valence-electron chi connectivity index (χ4n) is 2.13. The van der Waals surface area contributed by atoms with Gasteiger partial charge in [0.2, 0.25) is 0 Å². The fourth-order valence-corrected chi connectivity index (χ4v) is 2.13. The quantitative estimate of drug-likeness (QED) is 0.814. The Bertz CT molecular complexity index is 434. The Kier molecular flexibility index (Phi) is 3.09. The second-order valence-corrected chi connectivity index (χ2v) is 5.11. The van der Waals surface area contributed by atoms with E-state index in [0.29, 0.717) is 6.04 Å². The molecule has 0 saturated heterocycles. The molecule has 1 fully saturated rings. The van der Waals surface area contributed by atoms with Crippen LogP contribution in [0.15, 0.2) is 18.2 Å². The van der Waals surface area contributed by atoms with Crippen molar-refractivity contribution in [2.45, 2.75) is 45.7 Å². The highest BCUT2D eigenvalue weighted by atomic mass is 16.2. The first-order valence-electron chi connectivity index (χ1n) is 6.19. The molecule has 1 aliphatic rings. The summed E-state index contributed by atoms with van der Waals surface area (Å²) in [7, 11) is 0. The smallest absolute Gasteiger partial charge is 0.254 e. The van der Waals surface area contributed by atoms with Crippen LogP contribution in [0, 0.1) is 6.92 Å².